The van der Waals surface area contributed by atoms with Crippen molar-refractivity contribution in [1.29, 1.82) is 0 Å². The standard InChI is InChI=1S/C17H21N3O3/c21-17(19-7-9-20-8-6-18-13-20)14-3-1-4-15(11-14)23-12-16-5-2-10-22-16/h1,3-4,6,8,11,13,16H,2,5,7,9-10,12H2,(H,19,21)/t16-/m1/s1. The van der Waals surface area contributed by atoms with E-state index >= 15 is 0 Å². The van der Waals surface area contributed by atoms with Crippen LogP contribution in [0, 0.1) is 0 Å². The van der Waals surface area contributed by atoms with Gasteiger partial charge in [-0.15, -0.1) is 0 Å². The summed E-state index contributed by atoms with van der Waals surface area (Å²) >= 11 is 0. The first-order valence-corrected chi connectivity index (χ1v) is 7.90. The summed E-state index contributed by atoms with van der Waals surface area (Å²) in [6, 6.07) is 7.24. The summed E-state index contributed by atoms with van der Waals surface area (Å²) in [6.07, 6.45) is 7.61. The van der Waals surface area contributed by atoms with E-state index in [0.29, 0.717) is 31.0 Å². The zero-order valence-electron chi connectivity index (χ0n) is 13.0. The molecule has 1 fully saturated rings. The lowest BCUT2D eigenvalue weighted by Crippen LogP contribution is -2.27. The van der Waals surface area contributed by atoms with Crippen molar-refractivity contribution in [1.82, 2.24) is 14.9 Å². The fraction of sp³-hybridized carbons (Fsp3) is 0.412. The third kappa shape index (κ3) is 4.56. The lowest BCUT2D eigenvalue weighted by molar-refractivity contribution is 0.0679. The smallest absolute Gasteiger partial charge is 0.251 e. The Balaban J connectivity index is 1.48. The van der Waals surface area contributed by atoms with Gasteiger partial charge in [0.15, 0.2) is 0 Å². The van der Waals surface area contributed by atoms with Crippen LogP contribution in [0.4, 0.5) is 0 Å². The molecule has 122 valence electrons. The van der Waals surface area contributed by atoms with Gasteiger partial charge in [-0.3, -0.25) is 4.79 Å². The van der Waals surface area contributed by atoms with E-state index in [1.165, 1.54) is 0 Å². The summed E-state index contributed by atoms with van der Waals surface area (Å²) in [4.78, 5) is 16.1. The van der Waals surface area contributed by atoms with Crippen LogP contribution in [0.1, 0.15) is 23.2 Å². The average molecular weight is 315 g/mol. The largest absolute Gasteiger partial charge is 0.491 e. The van der Waals surface area contributed by atoms with Gasteiger partial charge in [-0.25, -0.2) is 4.98 Å². The third-order valence-electron chi connectivity index (χ3n) is 3.77. The Labute approximate surface area is 135 Å². The zero-order valence-corrected chi connectivity index (χ0v) is 13.0. The molecule has 23 heavy (non-hydrogen) atoms. The summed E-state index contributed by atoms with van der Waals surface area (Å²) in [5.74, 6) is 0.593. The molecule has 1 saturated heterocycles. The highest BCUT2D eigenvalue weighted by molar-refractivity contribution is 5.94. The predicted octanol–water partition coefficient (Wildman–Crippen LogP) is 1.87. The molecule has 1 aromatic carbocycles. The van der Waals surface area contributed by atoms with Crippen LogP contribution in [0.5, 0.6) is 5.75 Å². The normalized spacial score (nSPS) is 17.1. The summed E-state index contributed by atoms with van der Waals surface area (Å²) in [5.41, 5.74) is 0.598. The highest BCUT2D eigenvalue weighted by atomic mass is 16.5. The lowest BCUT2D eigenvalue weighted by atomic mass is 10.2. The van der Waals surface area contributed by atoms with Crippen LogP contribution in [-0.2, 0) is 11.3 Å². The maximum Gasteiger partial charge on any atom is 0.251 e. The number of nitrogens with one attached hydrogen (secondary N) is 1. The van der Waals surface area contributed by atoms with Gasteiger partial charge >= 0.3 is 0 Å². The quantitative estimate of drug-likeness (QED) is 0.847. The molecular weight excluding hydrogens is 294 g/mol. The van der Waals surface area contributed by atoms with E-state index in [-0.39, 0.29) is 12.0 Å². The van der Waals surface area contributed by atoms with E-state index in [2.05, 4.69) is 10.3 Å². The second-order valence-electron chi connectivity index (χ2n) is 5.53. The van der Waals surface area contributed by atoms with Crippen molar-refractivity contribution >= 4 is 5.91 Å². The summed E-state index contributed by atoms with van der Waals surface area (Å²) in [7, 11) is 0. The molecule has 1 aromatic heterocycles. The van der Waals surface area contributed by atoms with Crippen molar-refractivity contribution < 1.29 is 14.3 Å². The molecule has 0 radical (unpaired) electrons. The Morgan fingerprint density at radius 2 is 2.43 bits per heavy atom. The van der Waals surface area contributed by atoms with Gasteiger partial charge in [0, 0.05) is 37.7 Å². The first-order chi connectivity index (χ1) is 11.3. The number of rotatable bonds is 7. The molecular formula is C17H21N3O3. The molecule has 1 aliphatic rings. The third-order valence-corrected chi connectivity index (χ3v) is 3.77. The van der Waals surface area contributed by atoms with E-state index in [1.807, 2.05) is 22.9 Å². The summed E-state index contributed by atoms with van der Waals surface area (Å²) in [6.45, 7) is 2.59. The van der Waals surface area contributed by atoms with E-state index in [9.17, 15) is 4.79 Å². The Morgan fingerprint density at radius 1 is 1.48 bits per heavy atom. The second kappa shape index (κ2) is 7.78. The predicted molar refractivity (Wildman–Crippen MR) is 85.5 cm³/mol. The molecule has 0 aliphatic carbocycles. The molecule has 0 bridgehead atoms. The number of nitrogens with zero attached hydrogens (tertiary/aromatic N) is 2. The molecule has 3 rings (SSSR count). The van der Waals surface area contributed by atoms with E-state index in [0.717, 1.165) is 19.4 Å². The molecule has 1 aliphatic heterocycles. The fourth-order valence-corrected chi connectivity index (χ4v) is 2.51. The molecule has 0 unspecified atom stereocenters. The number of carbonyl (C=O) groups is 1. The van der Waals surface area contributed by atoms with Crippen LogP contribution in [0.25, 0.3) is 0 Å². The highest BCUT2D eigenvalue weighted by Gasteiger charge is 2.16. The zero-order chi connectivity index (χ0) is 15.9. The molecule has 6 nitrogen and oxygen atoms in total. The topological polar surface area (TPSA) is 65.4 Å². The van der Waals surface area contributed by atoms with Gasteiger partial charge in [0.05, 0.1) is 12.4 Å². The van der Waals surface area contributed by atoms with Gasteiger partial charge in [-0.1, -0.05) is 6.07 Å². The minimum absolute atomic E-state index is 0.104. The van der Waals surface area contributed by atoms with E-state index in [4.69, 9.17) is 9.47 Å². The SMILES string of the molecule is O=C(NCCn1ccnc1)c1cccc(OC[C@H]2CCCO2)c1. The number of benzene rings is 1. The minimum atomic E-state index is -0.104. The number of hydrogen-bond donors (Lipinski definition) is 1. The van der Waals surface area contributed by atoms with Gasteiger partial charge in [0.2, 0.25) is 0 Å². The molecule has 2 heterocycles. The lowest BCUT2D eigenvalue weighted by Gasteiger charge is -2.12. The van der Waals surface area contributed by atoms with Crippen LogP contribution in [-0.4, -0.2) is 41.3 Å². The van der Waals surface area contributed by atoms with Crippen LogP contribution in [0.15, 0.2) is 43.0 Å². The Kier molecular flexibility index (Phi) is 5.26. The Morgan fingerprint density at radius 3 is 3.22 bits per heavy atom. The second-order valence-corrected chi connectivity index (χ2v) is 5.53. The monoisotopic (exact) mass is 315 g/mol. The number of amides is 1. The maximum absolute atomic E-state index is 12.2. The van der Waals surface area contributed by atoms with Crippen LogP contribution in [0.2, 0.25) is 0 Å². The molecule has 6 heteroatoms. The maximum atomic E-state index is 12.2. The van der Waals surface area contributed by atoms with E-state index in [1.54, 1.807) is 24.7 Å². The number of hydrogen-bond acceptors (Lipinski definition) is 4. The van der Waals surface area contributed by atoms with Crippen molar-refractivity contribution in [3.05, 3.63) is 48.5 Å². The minimum Gasteiger partial charge on any atom is -0.491 e. The first-order valence-electron chi connectivity index (χ1n) is 7.90. The van der Waals surface area contributed by atoms with Crippen molar-refractivity contribution in [2.24, 2.45) is 0 Å². The van der Waals surface area contributed by atoms with Crippen molar-refractivity contribution in [2.75, 3.05) is 19.8 Å². The van der Waals surface area contributed by atoms with Gasteiger partial charge in [0.25, 0.3) is 5.91 Å². The van der Waals surface area contributed by atoms with Crippen molar-refractivity contribution in [3.63, 3.8) is 0 Å². The van der Waals surface area contributed by atoms with Crippen molar-refractivity contribution in [2.45, 2.75) is 25.5 Å². The van der Waals surface area contributed by atoms with Crippen molar-refractivity contribution in [3.8, 4) is 5.75 Å². The van der Waals surface area contributed by atoms with Gasteiger partial charge in [-0.05, 0) is 31.0 Å². The van der Waals surface area contributed by atoms with Crippen LogP contribution < -0.4 is 10.1 Å². The number of aromatic nitrogens is 2. The molecule has 2 aromatic rings. The average Bonchev–Trinajstić information content (AvgIpc) is 3.27. The number of carbonyl (C=O) groups excluding carboxylic acids is 1. The fourth-order valence-electron chi connectivity index (χ4n) is 2.51. The van der Waals surface area contributed by atoms with Crippen LogP contribution in [0.3, 0.4) is 0 Å². The van der Waals surface area contributed by atoms with E-state index < -0.39 is 0 Å². The molecule has 1 N–H and O–H groups in total. The molecule has 1 amide bonds. The van der Waals surface area contributed by atoms with Gasteiger partial charge < -0.3 is 19.4 Å². The Hall–Kier alpha value is -2.34. The summed E-state index contributed by atoms with van der Waals surface area (Å²) < 4.78 is 13.2. The number of imidazole rings is 1. The first kappa shape index (κ1) is 15.6. The van der Waals surface area contributed by atoms with Gasteiger partial charge in [-0.2, -0.15) is 0 Å². The highest BCUT2D eigenvalue weighted by Crippen LogP contribution is 2.17. The van der Waals surface area contributed by atoms with Gasteiger partial charge in [0.1, 0.15) is 12.4 Å². The Bertz CT molecular complexity index is 622. The summed E-state index contributed by atoms with van der Waals surface area (Å²) in [5, 5.41) is 2.89. The van der Waals surface area contributed by atoms with Crippen LogP contribution >= 0.6 is 0 Å². The molecule has 1 atom stereocenters. The number of ether oxygens (including phenoxy) is 2. The molecule has 0 spiro atoms. The molecule has 0 saturated carbocycles.